The van der Waals surface area contributed by atoms with Gasteiger partial charge in [0.2, 0.25) is 0 Å². The van der Waals surface area contributed by atoms with Gasteiger partial charge in [0.25, 0.3) is 0 Å². The molecule has 4 nitrogen and oxygen atoms in total. The van der Waals surface area contributed by atoms with Crippen LogP contribution < -0.4 is 5.32 Å². The van der Waals surface area contributed by atoms with Gasteiger partial charge in [-0.15, -0.1) is 0 Å². The molecule has 2 heterocycles. The van der Waals surface area contributed by atoms with E-state index in [0.717, 1.165) is 37.2 Å². The SMILES string of the molecule is CC1CCCC(CNc2cnn(CC3CCCO3)c2)C1. The summed E-state index contributed by atoms with van der Waals surface area (Å²) in [4.78, 5) is 0. The summed E-state index contributed by atoms with van der Waals surface area (Å²) in [5, 5.41) is 7.99. The van der Waals surface area contributed by atoms with E-state index in [1.165, 1.54) is 38.5 Å². The quantitative estimate of drug-likeness (QED) is 0.897. The fourth-order valence-corrected chi connectivity index (χ4v) is 3.56. The van der Waals surface area contributed by atoms with Crippen molar-refractivity contribution >= 4 is 5.69 Å². The molecule has 1 aromatic heterocycles. The monoisotopic (exact) mass is 277 g/mol. The Labute approximate surface area is 121 Å². The van der Waals surface area contributed by atoms with Crippen LogP contribution in [0.25, 0.3) is 0 Å². The second-order valence-corrected chi connectivity index (χ2v) is 6.60. The molecule has 1 aliphatic heterocycles. The largest absolute Gasteiger partial charge is 0.382 e. The van der Waals surface area contributed by atoms with Gasteiger partial charge in [-0.1, -0.05) is 19.8 Å². The van der Waals surface area contributed by atoms with Crippen molar-refractivity contribution in [3.05, 3.63) is 12.4 Å². The first-order valence-electron chi connectivity index (χ1n) is 8.17. The Balaban J connectivity index is 1.44. The van der Waals surface area contributed by atoms with E-state index in [4.69, 9.17) is 4.74 Å². The van der Waals surface area contributed by atoms with Gasteiger partial charge >= 0.3 is 0 Å². The summed E-state index contributed by atoms with van der Waals surface area (Å²) >= 11 is 0. The molecule has 1 saturated carbocycles. The van der Waals surface area contributed by atoms with Crippen molar-refractivity contribution in [3.8, 4) is 0 Å². The van der Waals surface area contributed by atoms with Crippen LogP contribution in [-0.2, 0) is 11.3 Å². The third-order valence-corrected chi connectivity index (χ3v) is 4.69. The Morgan fingerprint density at radius 2 is 2.30 bits per heavy atom. The molecular formula is C16H27N3O. The van der Waals surface area contributed by atoms with E-state index in [9.17, 15) is 0 Å². The van der Waals surface area contributed by atoms with Crippen molar-refractivity contribution in [2.75, 3.05) is 18.5 Å². The van der Waals surface area contributed by atoms with Crippen LogP contribution in [0.15, 0.2) is 12.4 Å². The van der Waals surface area contributed by atoms with Crippen molar-refractivity contribution in [2.24, 2.45) is 11.8 Å². The highest BCUT2D eigenvalue weighted by molar-refractivity contribution is 5.38. The Morgan fingerprint density at radius 1 is 1.35 bits per heavy atom. The van der Waals surface area contributed by atoms with Crippen molar-refractivity contribution in [3.63, 3.8) is 0 Å². The molecule has 20 heavy (non-hydrogen) atoms. The molecular weight excluding hydrogens is 250 g/mol. The first-order valence-corrected chi connectivity index (χ1v) is 8.17. The molecule has 112 valence electrons. The van der Waals surface area contributed by atoms with Crippen molar-refractivity contribution in [1.29, 1.82) is 0 Å². The van der Waals surface area contributed by atoms with Gasteiger partial charge in [-0.25, -0.2) is 0 Å². The minimum Gasteiger partial charge on any atom is -0.382 e. The van der Waals surface area contributed by atoms with Gasteiger partial charge in [0.05, 0.1) is 24.5 Å². The molecule has 2 fully saturated rings. The van der Waals surface area contributed by atoms with E-state index in [0.29, 0.717) is 6.10 Å². The highest BCUT2D eigenvalue weighted by Crippen LogP contribution is 2.28. The lowest BCUT2D eigenvalue weighted by atomic mass is 9.82. The average molecular weight is 277 g/mol. The molecule has 1 aromatic rings. The summed E-state index contributed by atoms with van der Waals surface area (Å²) in [6.07, 6.45) is 12.3. The molecule has 1 aliphatic carbocycles. The lowest BCUT2D eigenvalue weighted by Crippen LogP contribution is -2.20. The number of hydrogen-bond acceptors (Lipinski definition) is 3. The van der Waals surface area contributed by atoms with Crippen LogP contribution in [0.3, 0.4) is 0 Å². The molecule has 0 spiro atoms. The van der Waals surface area contributed by atoms with Crippen molar-refractivity contribution in [1.82, 2.24) is 9.78 Å². The third kappa shape index (κ3) is 3.75. The highest BCUT2D eigenvalue weighted by atomic mass is 16.5. The zero-order valence-electron chi connectivity index (χ0n) is 12.6. The van der Waals surface area contributed by atoms with Gasteiger partial charge in [-0.2, -0.15) is 5.10 Å². The third-order valence-electron chi connectivity index (χ3n) is 4.69. The summed E-state index contributed by atoms with van der Waals surface area (Å²) in [6, 6.07) is 0. The van der Waals surface area contributed by atoms with Gasteiger partial charge in [0, 0.05) is 19.3 Å². The first-order chi connectivity index (χ1) is 9.79. The molecule has 3 unspecified atom stereocenters. The minimum atomic E-state index is 0.363. The fraction of sp³-hybridized carbons (Fsp3) is 0.812. The normalized spacial score (nSPS) is 30.6. The Morgan fingerprint density at radius 3 is 3.10 bits per heavy atom. The molecule has 1 saturated heterocycles. The zero-order valence-corrected chi connectivity index (χ0v) is 12.6. The van der Waals surface area contributed by atoms with Crippen molar-refractivity contribution < 1.29 is 4.74 Å². The molecule has 1 N–H and O–H groups in total. The predicted octanol–water partition coefficient (Wildman–Crippen LogP) is 3.30. The highest BCUT2D eigenvalue weighted by Gasteiger charge is 2.19. The molecule has 3 atom stereocenters. The van der Waals surface area contributed by atoms with Crippen LogP contribution >= 0.6 is 0 Å². The lowest BCUT2D eigenvalue weighted by molar-refractivity contribution is 0.0940. The van der Waals surface area contributed by atoms with Gasteiger partial charge < -0.3 is 10.1 Å². The maximum absolute atomic E-state index is 5.65. The van der Waals surface area contributed by atoms with Crippen LogP contribution in [0.2, 0.25) is 0 Å². The van der Waals surface area contributed by atoms with E-state index in [-0.39, 0.29) is 0 Å². The minimum absolute atomic E-state index is 0.363. The number of aromatic nitrogens is 2. The second-order valence-electron chi connectivity index (χ2n) is 6.60. The Kier molecular flexibility index (Phi) is 4.61. The molecule has 3 rings (SSSR count). The van der Waals surface area contributed by atoms with E-state index in [1.54, 1.807) is 0 Å². The molecule has 0 bridgehead atoms. The predicted molar refractivity (Wildman–Crippen MR) is 80.8 cm³/mol. The smallest absolute Gasteiger partial charge is 0.0771 e. The molecule has 0 amide bonds. The number of rotatable bonds is 5. The summed E-state index contributed by atoms with van der Waals surface area (Å²) < 4.78 is 7.67. The van der Waals surface area contributed by atoms with E-state index < -0.39 is 0 Å². The van der Waals surface area contributed by atoms with Crippen molar-refractivity contribution in [2.45, 2.75) is 58.1 Å². The maximum atomic E-state index is 5.65. The lowest BCUT2D eigenvalue weighted by Gasteiger charge is -2.26. The summed E-state index contributed by atoms with van der Waals surface area (Å²) in [6.45, 7) is 5.28. The van der Waals surface area contributed by atoms with E-state index in [2.05, 4.69) is 23.5 Å². The molecule has 2 aliphatic rings. The van der Waals surface area contributed by atoms with Gasteiger partial charge in [-0.3, -0.25) is 4.68 Å². The number of nitrogens with zero attached hydrogens (tertiary/aromatic N) is 2. The standard InChI is InChI=1S/C16H27N3O/c1-13-4-2-5-14(8-13)9-17-15-10-18-19(11-15)12-16-6-3-7-20-16/h10-11,13-14,16-17H,2-9,12H2,1H3. The number of ether oxygens (including phenoxy) is 1. The summed E-state index contributed by atoms with van der Waals surface area (Å²) in [7, 11) is 0. The fourth-order valence-electron chi connectivity index (χ4n) is 3.56. The average Bonchev–Trinajstić information content (AvgIpc) is 3.09. The molecule has 4 heteroatoms. The number of nitrogens with one attached hydrogen (secondary N) is 1. The zero-order chi connectivity index (χ0) is 13.8. The number of hydrogen-bond donors (Lipinski definition) is 1. The molecule has 0 radical (unpaired) electrons. The van der Waals surface area contributed by atoms with Crippen LogP contribution in [0, 0.1) is 11.8 Å². The van der Waals surface area contributed by atoms with Crippen LogP contribution in [-0.4, -0.2) is 29.0 Å². The van der Waals surface area contributed by atoms with Gasteiger partial charge in [-0.05, 0) is 37.5 Å². The van der Waals surface area contributed by atoms with E-state index >= 15 is 0 Å². The number of anilines is 1. The van der Waals surface area contributed by atoms with E-state index in [1.807, 2.05) is 10.9 Å². The summed E-state index contributed by atoms with van der Waals surface area (Å²) in [5.74, 6) is 1.73. The second kappa shape index (κ2) is 6.61. The van der Waals surface area contributed by atoms with Crippen LogP contribution in [0.4, 0.5) is 5.69 Å². The molecule has 0 aromatic carbocycles. The van der Waals surface area contributed by atoms with Gasteiger partial charge in [0.1, 0.15) is 0 Å². The summed E-state index contributed by atoms with van der Waals surface area (Å²) in [5.41, 5.74) is 1.15. The maximum Gasteiger partial charge on any atom is 0.0771 e. The van der Waals surface area contributed by atoms with Crippen LogP contribution in [0.1, 0.15) is 45.4 Å². The van der Waals surface area contributed by atoms with Crippen LogP contribution in [0.5, 0.6) is 0 Å². The first kappa shape index (κ1) is 13.9. The Hall–Kier alpha value is -1.03. The van der Waals surface area contributed by atoms with Gasteiger partial charge in [0.15, 0.2) is 0 Å². The topological polar surface area (TPSA) is 39.1 Å². The Bertz CT molecular complexity index is 412.